The minimum atomic E-state index is -2.40. The van der Waals surface area contributed by atoms with Gasteiger partial charge >= 0.3 is 31.7 Å². The van der Waals surface area contributed by atoms with Crippen LogP contribution in [0.4, 0.5) is 0 Å². The van der Waals surface area contributed by atoms with Crippen LogP contribution >= 0.6 is 0 Å². The van der Waals surface area contributed by atoms with E-state index in [0.717, 1.165) is 12.5 Å². The summed E-state index contributed by atoms with van der Waals surface area (Å²) in [7, 11) is -10.6. The Kier molecular flexibility index (Phi) is 11.4. The summed E-state index contributed by atoms with van der Waals surface area (Å²) in [5.41, 5.74) is 0. The van der Waals surface area contributed by atoms with Gasteiger partial charge in [-0.05, 0) is 84.5 Å². The molecule has 0 aromatic rings. The van der Waals surface area contributed by atoms with Crippen LogP contribution in [-0.4, -0.2) is 66.6 Å². The number of carboxylic acids is 1. The van der Waals surface area contributed by atoms with Crippen LogP contribution in [0, 0.1) is 0 Å². The monoisotopic (exact) mass is 500 g/mol. The molecule has 0 aliphatic rings. The number of hydrogen-bond acceptors (Lipinski definition) is 6. The molecule has 174 valence electrons. The van der Waals surface area contributed by atoms with E-state index in [1.54, 1.807) is 0 Å². The van der Waals surface area contributed by atoms with E-state index in [4.69, 9.17) is 26.3 Å². The maximum atomic E-state index is 10.5. The van der Waals surface area contributed by atoms with Crippen LogP contribution in [-0.2, 0) is 26.0 Å². The lowest BCUT2D eigenvalue weighted by Crippen LogP contribution is -2.58. The fourth-order valence-corrected chi connectivity index (χ4v) is 27.3. The zero-order valence-corrected chi connectivity index (χ0v) is 25.4. The SMILES string of the molecule is C[Si](C)(C)O[Si](C)(C)O[Si](C)(C)O[Si](C)(C)O[Si](C)(C)CCCOCCC(=O)O. The van der Waals surface area contributed by atoms with Crippen LogP contribution in [0.1, 0.15) is 12.8 Å². The first-order valence-corrected chi connectivity index (χ1v) is 25.3. The number of ether oxygens (including phenoxy) is 1. The molecule has 0 fully saturated rings. The van der Waals surface area contributed by atoms with Crippen LogP contribution in [0.5, 0.6) is 0 Å². The van der Waals surface area contributed by atoms with Gasteiger partial charge in [0.1, 0.15) is 0 Å². The minimum absolute atomic E-state index is 0.0475. The van der Waals surface area contributed by atoms with E-state index in [1.165, 1.54) is 0 Å². The number of carbonyl (C=O) groups is 1. The molecule has 7 nitrogen and oxygen atoms in total. The fourth-order valence-electron chi connectivity index (χ4n) is 3.56. The summed E-state index contributed by atoms with van der Waals surface area (Å²) in [6, 6.07) is 0.946. The Balaban J connectivity index is 4.63. The average molecular weight is 501 g/mol. The van der Waals surface area contributed by atoms with Crippen molar-refractivity contribution in [3.63, 3.8) is 0 Å². The van der Waals surface area contributed by atoms with Gasteiger partial charge in [0.25, 0.3) is 0 Å². The molecule has 0 radical (unpaired) electrons. The second-order valence-corrected chi connectivity index (χ2v) is 30.2. The van der Waals surface area contributed by atoms with Crippen LogP contribution in [0.15, 0.2) is 0 Å². The quantitative estimate of drug-likeness (QED) is 0.248. The summed E-state index contributed by atoms with van der Waals surface area (Å²) in [4.78, 5) is 10.5. The molecule has 1 N–H and O–H groups in total. The molecule has 0 amide bonds. The highest BCUT2D eigenvalue weighted by atomic mass is 28.5. The molecule has 0 atom stereocenters. The number of aliphatic carboxylic acids is 1. The van der Waals surface area contributed by atoms with Crippen molar-refractivity contribution in [1.29, 1.82) is 0 Å². The molecule has 12 heteroatoms. The van der Waals surface area contributed by atoms with E-state index >= 15 is 0 Å². The normalized spacial score (nSPS) is 14.3. The highest BCUT2D eigenvalue weighted by molar-refractivity contribution is 6.90. The molecule has 0 aromatic carbocycles. The lowest BCUT2D eigenvalue weighted by atomic mass is 10.4. The molecule has 0 unspecified atom stereocenters. The molecular weight excluding hydrogens is 457 g/mol. The Morgan fingerprint density at radius 1 is 0.690 bits per heavy atom. The van der Waals surface area contributed by atoms with Gasteiger partial charge in [-0.2, -0.15) is 0 Å². The first kappa shape index (κ1) is 29.4. The summed E-state index contributed by atoms with van der Waals surface area (Å²) in [5, 5.41) is 8.63. The number of rotatable bonds is 15. The fraction of sp³-hybridized carbons (Fsp3) is 0.941. The first-order valence-electron chi connectivity index (χ1n) is 10.3. The Bertz CT molecular complexity index is 519. The van der Waals surface area contributed by atoms with Crippen molar-refractivity contribution < 1.29 is 31.1 Å². The molecule has 0 aromatic heterocycles. The largest absolute Gasteiger partial charge is 0.481 e. The lowest BCUT2D eigenvalue weighted by Gasteiger charge is -2.42. The smallest absolute Gasteiger partial charge is 0.314 e. The van der Waals surface area contributed by atoms with E-state index in [2.05, 4.69) is 72.0 Å². The van der Waals surface area contributed by atoms with Crippen LogP contribution in [0.25, 0.3) is 0 Å². The van der Waals surface area contributed by atoms with Gasteiger partial charge in [0.05, 0.1) is 13.0 Å². The van der Waals surface area contributed by atoms with Gasteiger partial charge in [-0.15, -0.1) is 0 Å². The summed E-state index contributed by atoms with van der Waals surface area (Å²) < 4.78 is 31.3. The molecule has 0 bridgehead atoms. The van der Waals surface area contributed by atoms with Crippen molar-refractivity contribution >= 4 is 48.3 Å². The van der Waals surface area contributed by atoms with Crippen LogP contribution in [0.3, 0.4) is 0 Å². The van der Waals surface area contributed by atoms with Crippen molar-refractivity contribution in [3.8, 4) is 0 Å². The average Bonchev–Trinajstić information content (AvgIpc) is 2.34. The highest BCUT2D eigenvalue weighted by Crippen LogP contribution is 2.27. The van der Waals surface area contributed by atoms with Crippen LogP contribution < -0.4 is 0 Å². The van der Waals surface area contributed by atoms with Gasteiger partial charge in [0, 0.05) is 6.61 Å². The van der Waals surface area contributed by atoms with E-state index in [1.807, 2.05) is 0 Å². The van der Waals surface area contributed by atoms with Gasteiger partial charge in [0.15, 0.2) is 16.6 Å². The topological polar surface area (TPSA) is 83.5 Å². The third-order valence-corrected chi connectivity index (χ3v) is 21.6. The zero-order valence-electron chi connectivity index (χ0n) is 20.4. The molecule has 0 heterocycles. The standard InChI is InChI=1S/C17H44O7Si5/c1-25(2,3)21-27(6,7)23-29(10,11)24-28(8,9)22-26(4,5)16-12-14-20-15-13-17(18)19/h12-16H2,1-11H3,(H,18,19). The predicted molar refractivity (Wildman–Crippen MR) is 130 cm³/mol. The zero-order chi connectivity index (χ0) is 23.1. The predicted octanol–water partition coefficient (Wildman–Crippen LogP) is 5.08. The second kappa shape index (κ2) is 11.3. The van der Waals surface area contributed by atoms with Crippen LogP contribution in [0.2, 0.25) is 78.1 Å². The van der Waals surface area contributed by atoms with E-state index in [-0.39, 0.29) is 13.0 Å². The molecule has 0 rings (SSSR count). The Hall–Kier alpha value is 0.354. The molecule has 0 spiro atoms. The molecule has 0 saturated carbocycles. The van der Waals surface area contributed by atoms with E-state index in [0.29, 0.717) is 6.61 Å². The summed E-state index contributed by atoms with van der Waals surface area (Å²) >= 11 is 0. The van der Waals surface area contributed by atoms with Gasteiger partial charge in [-0.25, -0.2) is 0 Å². The molecule has 29 heavy (non-hydrogen) atoms. The van der Waals surface area contributed by atoms with Crippen molar-refractivity contribution in [3.05, 3.63) is 0 Å². The second-order valence-electron chi connectivity index (χ2n) is 10.3. The van der Waals surface area contributed by atoms with Gasteiger partial charge in [0.2, 0.25) is 0 Å². The summed E-state index contributed by atoms with van der Waals surface area (Å²) in [6.45, 7) is 24.3. The summed E-state index contributed by atoms with van der Waals surface area (Å²) in [5.74, 6) is -0.830. The first-order chi connectivity index (χ1) is 12.7. The van der Waals surface area contributed by atoms with Gasteiger partial charge < -0.3 is 26.3 Å². The van der Waals surface area contributed by atoms with Gasteiger partial charge in [-0.1, -0.05) is 0 Å². The molecule has 0 aliphatic carbocycles. The maximum absolute atomic E-state index is 10.5. The van der Waals surface area contributed by atoms with Crippen molar-refractivity contribution in [2.75, 3.05) is 13.2 Å². The molecule has 0 aliphatic heterocycles. The third kappa shape index (κ3) is 16.7. The van der Waals surface area contributed by atoms with Gasteiger partial charge in [-0.3, -0.25) is 4.79 Å². The van der Waals surface area contributed by atoms with Crippen molar-refractivity contribution in [1.82, 2.24) is 0 Å². The number of carboxylic acid groups (broad SMARTS) is 1. The van der Waals surface area contributed by atoms with Crippen molar-refractivity contribution in [2.45, 2.75) is 90.9 Å². The van der Waals surface area contributed by atoms with Crippen molar-refractivity contribution in [2.24, 2.45) is 0 Å². The minimum Gasteiger partial charge on any atom is -0.481 e. The maximum Gasteiger partial charge on any atom is 0.314 e. The Morgan fingerprint density at radius 3 is 1.59 bits per heavy atom. The Labute approximate surface area is 183 Å². The molecule has 0 saturated heterocycles. The highest BCUT2D eigenvalue weighted by Gasteiger charge is 2.45. The number of hydrogen-bond donors (Lipinski definition) is 1. The third-order valence-electron chi connectivity index (χ3n) is 3.59. The van der Waals surface area contributed by atoms with E-state index < -0.39 is 48.3 Å². The summed E-state index contributed by atoms with van der Waals surface area (Å²) in [6.07, 6.45) is 0.913. The van der Waals surface area contributed by atoms with E-state index in [9.17, 15) is 4.79 Å². The lowest BCUT2D eigenvalue weighted by molar-refractivity contribution is -0.138. The molecular formula is C17H44O7Si5. The Morgan fingerprint density at radius 2 is 1.14 bits per heavy atom.